The summed E-state index contributed by atoms with van der Waals surface area (Å²) in [5.74, 6) is -1.47. The second-order valence-electron chi connectivity index (χ2n) is 7.30. The summed E-state index contributed by atoms with van der Waals surface area (Å²) in [7, 11) is -4.33. The van der Waals surface area contributed by atoms with Crippen molar-refractivity contribution >= 4 is 44.7 Å². The maximum atomic E-state index is 14.9. The van der Waals surface area contributed by atoms with Gasteiger partial charge in [0.05, 0.1) is 22.1 Å². The summed E-state index contributed by atoms with van der Waals surface area (Å²) in [6.45, 7) is 1.58. The van der Waals surface area contributed by atoms with Crippen molar-refractivity contribution in [3.05, 3.63) is 86.2 Å². The van der Waals surface area contributed by atoms with Gasteiger partial charge in [0.15, 0.2) is 0 Å². The summed E-state index contributed by atoms with van der Waals surface area (Å²) in [6.07, 6.45) is 0.747. The predicted molar refractivity (Wildman–Crippen MR) is 123 cm³/mol. The Morgan fingerprint density at radius 1 is 1.18 bits per heavy atom. The van der Waals surface area contributed by atoms with Gasteiger partial charge in [-0.25, -0.2) is 12.8 Å². The van der Waals surface area contributed by atoms with E-state index in [1.165, 1.54) is 30.3 Å². The number of carboxylic acids is 1. The third-order valence-electron chi connectivity index (χ3n) is 5.10. The van der Waals surface area contributed by atoms with Crippen LogP contribution in [0.4, 0.5) is 4.39 Å². The van der Waals surface area contributed by atoms with Crippen LogP contribution in [0.2, 0.25) is 10.0 Å². The highest BCUT2D eigenvalue weighted by Gasteiger charge is 2.37. The lowest BCUT2D eigenvalue weighted by Gasteiger charge is -2.18. The molecule has 2 aliphatic rings. The molecule has 0 atom stereocenters. The lowest BCUT2D eigenvalue weighted by atomic mass is 9.94. The number of carboxylic acid groups (broad SMARTS) is 1. The van der Waals surface area contributed by atoms with Crippen LogP contribution < -0.4 is 4.74 Å². The minimum absolute atomic E-state index is 0.0307. The molecule has 0 fully saturated rings. The summed E-state index contributed by atoms with van der Waals surface area (Å²) >= 11 is 12.0. The summed E-state index contributed by atoms with van der Waals surface area (Å²) in [5, 5.41) is 9.96. The fourth-order valence-corrected chi connectivity index (χ4v) is 5.64. The molecule has 0 spiro atoms. The molecule has 0 unspecified atom stereocenters. The van der Waals surface area contributed by atoms with Crippen LogP contribution in [0.15, 0.2) is 86.0 Å². The molecule has 2 aromatic carbocycles. The first-order chi connectivity index (χ1) is 15.6. The summed E-state index contributed by atoms with van der Waals surface area (Å²) < 4.78 is 47.4. The fraction of sp³-hybridized carbons (Fsp3) is 0.130. The minimum Gasteiger partial charge on any atom is -0.481 e. The van der Waals surface area contributed by atoms with E-state index in [2.05, 4.69) is 4.99 Å². The number of benzene rings is 2. The lowest BCUT2D eigenvalue weighted by Crippen LogP contribution is -2.17. The average Bonchev–Trinajstić information content (AvgIpc) is 3.05. The van der Waals surface area contributed by atoms with Crippen molar-refractivity contribution in [3.63, 3.8) is 0 Å². The monoisotopic (exact) mass is 507 g/mol. The van der Waals surface area contributed by atoms with E-state index in [0.717, 1.165) is 6.08 Å². The molecule has 0 saturated heterocycles. The van der Waals surface area contributed by atoms with Crippen molar-refractivity contribution in [2.24, 2.45) is 4.99 Å². The van der Waals surface area contributed by atoms with Gasteiger partial charge >= 0.3 is 5.97 Å². The van der Waals surface area contributed by atoms with Gasteiger partial charge in [0.1, 0.15) is 22.2 Å². The smallest absolute Gasteiger partial charge is 0.307 e. The molecule has 170 valence electrons. The maximum absolute atomic E-state index is 14.9. The molecular formula is C23H16Cl2FNO5S. The number of fused-ring (bicyclic) bond motifs is 1. The number of halogens is 3. The van der Waals surface area contributed by atoms with E-state index in [0.29, 0.717) is 27.9 Å². The Morgan fingerprint density at radius 3 is 2.52 bits per heavy atom. The molecule has 1 aliphatic carbocycles. The summed E-state index contributed by atoms with van der Waals surface area (Å²) in [6, 6.07) is 10.1. The zero-order chi connectivity index (χ0) is 23.9. The quantitative estimate of drug-likeness (QED) is 0.496. The highest BCUT2D eigenvalue weighted by atomic mass is 35.5. The molecule has 4 rings (SSSR count). The molecular weight excluding hydrogens is 492 g/mol. The lowest BCUT2D eigenvalue weighted by molar-refractivity contribution is -0.136. The van der Waals surface area contributed by atoms with Gasteiger partial charge in [-0.1, -0.05) is 23.2 Å². The Hall–Kier alpha value is -2.94. The van der Waals surface area contributed by atoms with E-state index in [1.54, 1.807) is 19.1 Å². The van der Waals surface area contributed by atoms with Gasteiger partial charge in [0, 0.05) is 22.7 Å². The highest BCUT2D eigenvalue weighted by Crippen LogP contribution is 2.42. The first kappa shape index (κ1) is 23.2. The molecule has 6 nitrogen and oxygen atoms in total. The van der Waals surface area contributed by atoms with Crippen molar-refractivity contribution in [3.8, 4) is 11.5 Å². The van der Waals surface area contributed by atoms with Gasteiger partial charge in [-0.15, -0.1) is 0 Å². The number of rotatable bonds is 6. The molecule has 1 N–H and O–H groups in total. The van der Waals surface area contributed by atoms with Crippen LogP contribution in [-0.4, -0.2) is 25.2 Å². The predicted octanol–water partition coefficient (Wildman–Crippen LogP) is 6.27. The van der Waals surface area contributed by atoms with Crippen LogP contribution in [0.3, 0.4) is 0 Å². The largest absolute Gasteiger partial charge is 0.481 e. The van der Waals surface area contributed by atoms with Crippen LogP contribution in [0, 0.1) is 0 Å². The second-order valence-corrected chi connectivity index (χ2v) is 10.0. The van der Waals surface area contributed by atoms with Gasteiger partial charge in [-0.3, -0.25) is 9.79 Å². The molecule has 0 amide bonds. The van der Waals surface area contributed by atoms with Crippen molar-refractivity contribution in [2.75, 3.05) is 0 Å². The Kier molecular flexibility index (Phi) is 6.18. The molecule has 1 aliphatic heterocycles. The van der Waals surface area contributed by atoms with Gasteiger partial charge in [-0.2, -0.15) is 0 Å². The number of ether oxygens (including phenoxy) is 1. The highest BCUT2D eigenvalue weighted by molar-refractivity contribution is 7.95. The van der Waals surface area contributed by atoms with Crippen LogP contribution in [0.25, 0.3) is 0 Å². The molecule has 0 bridgehead atoms. The number of hydrogen-bond donors (Lipinski definition) is 1. The molecule has 0 saturated carbocycles. The van der Waals surface area contributed by atoms with Crippen molar-refractivity contribution in [1.82, 2.24) is 0 Å². The number of carbonyl (C=O) groups is 1. The molecule has 33 heavy (non-hydrogen) atoms. The maximum Gasteiger partial charge on any atom is 0.307 e. The third kappa shape index (κ3) is 4.46. The Bertz CT molecular complexity index is 1410. The molecule has 1 heterocycles. The molecule has 0 radical (unpaired) electrons. The second kappa shape index (κ2) is 8.78. The first-order valence-corrected chi connectivity index (χ1v) is 11.9. The van der Waals surface area contributed by atoms with E-state index < -0.39 is 33.0 Å². The zero-order valence-corrected chi connectivity index (χ0v) is 19.4. The normalized spacial score (nSPS) is 15.9. The number of hydrogen-bond acceptors (Lipinski definition) is 5. The number of allylic oxidation sites excluding steroid dienone is 4. The van der Waals surface area contributed by atoms with E-state index in [4.69, 9.17) is 27.9 Å². The third-order valence-corrected chi connectivity index (χ3v) is 7.46. The zero-order valence-electron chi connectivity index (χ0n) is 17.1. The molecule has 0 aromatic heterocycles. The van der Waals surface area contributed by atoms with Crippen LogP contribution in [0.5, 0.6) is 11.5 Å². The average molecular weight is 508 g/mol. The summed E-state index contributed by atoms with van der Waals surface area (Å²) in [4.78, 5) is 14.8. The summed E-state index contributed by atoms with van der Waals surface area (Å²) in [5.41, 5.74) is 0.919. The number of aliphatic carboxylic acids is 1. The van der Waals surface area contributed by atoms with E-state index in [1.807, 2.05) is 0 Å². The number of aliphatic imine (C=N–C) groups is 1. The topological polar surface area (TPSA) is 93.0 Å². The Balaban J connectivity index is 1.72. The fourth-order valence-electron chi connectivity index (χ4n) is 3.61. The van der Waals surface area contributed by atoms with Gasteiger partial charge in [0.2, 0.25) is 9.84 Å². The number of nitrogens with zero attached hydrogens (tertiary/aromatic N) is 1. The Labute approximate surface area is 199 Å². The van der Waals surface area contributed by atoms with Crippen LogP contribution in [0.1, 0.15) is 19.8 Å². The van der Waals surface area contributed by atoms with Crippen molar-refractivity contribution in [2.45, 2.75) is 24.7 Å². The van der Waals surface area contributed by atoms with E-state index in [9.17, 15) is 22.7 Å². The van der Waals surface area contributed by atoms with Crippen molar-refractivity contribution in [1.29, 1.82) is 0 Å². The molecule has 10 heteroatoms. The SMILES string of the molecule is CC1=C(CC(=O)O)C2=C(S(=O)(=O)c3ccc(Oc4ccc(Cl)cc4Cl)cc3)C(F)=CCC2=N1. The Morgan fingerprint density at radius 2 is 1.88 bits per heavy atom. The number of sulfone groups is 1. The van der Waals surface area contributed by atoms with E-state index in [-0.39, 0.29) is 27.5 Å². The van der Waals surface area contributed by atoms with Crippen LogP contribution in [-0.2, 0) is 14.6 Å². The standard InChI is InChI=1S/C23H16Cl2FNO5S/c1-12-16(11-21(28)29)22-19(27-12)8-7-18(26)23(22)33(30,31)15-5-3-14(4-6-15)32-20-9-2-13(24)10-17(20)25/h2-7,9-10H,8,11H2,1H3,(H,28,29). The minimum atomic E-state index is -4.33. The van der Waals surface area contributed by atoms with E-state index >= 15 is 0 Å². The van der Waals surface area contributed by atoms with Gasteiger partial charge in [-0.05, 0) is 61.0 Å². The molecule has 2 aromatic rings. The van der Waals surface area contributed by atoms with Gasteiger partial charge < -0.3 is 9.84 Å². The van der Waals surface area contributed by atoms with Gasteiger partial charge in [0.25, 0.3) is 0 Å². The first-order valence-electron chi connectivity index (χ1n) is 9.66. The van der Waals surface area contributed by atoms with Crippen molar-refractivity contribution < 1.29 is 27.4 Å². The van der Waals surface area contributed by atoms with Crippen LogP contribution >= 0.6 is 23.2 Å².